The molecule has 0 fully saturated rings. The first-order chi connectivity index (χ1) is 10.2. The number of benzene rings is 2. The third kappa shape index (κ3) is 4.98. The number of rotatable bonds is 4. The summed E-state index contributed by atoms with van der Waals surface area (Å²) in [7, 11) is 0. The molecule has 0 saturated carbocycles. The molecule has 0 aliphatic rings. The number of hydrogen-bond donors (Lipinski definition) is 1. The van der Waals surface area contributed by atoms with Crippen LogP contribution in [0, 0.1) is 17.7 Å². The van der Waals surface area contributed by atoms with E-state index in [0.29, 0.717) is 18.8 Å². The lowest BCUT2D eigenvalue weighted by atomic mass is 10.1. The van der Waals surface area contributed by atoms with E-state index in [4.69, 9.17) is 9.84 Å². The van der Waals surface area contributed by atoms with Gasteiger partial charge in [-0.1, -0.05) is 46.0 Å². The Morgan fingerprint density at radius 2 is 2.00 bits per heavy atom. The molecule has 0 heterocycles. The molecule has 108 valence electrons. The quantitative estimate of drug-likeness (QED) is 0.854. The van der Waals surface area contributed by atoms with Gasteiger partial charge >= 0.3 is 0 Å². The fourth-order valence-electron chi connectivity index (χ4n) is 1.83. The summed E-state index contributed by atoms with van der Waals surface area (Å²) in [6, 6.07) is 12.2. The normalized spacial score (nSPS) is 10.0. The van der Waals surface area contributed by atoms with E-state index in [1.165, 1.54) is 12.1 Å². The Bertz CT molecular complexity index is 674. The van der Waals surface area contributed by atoms with Gasteiger partial charge in [0.1, 0.15) is 12.4 Å². The van der Waals surface area contributed by atoms with Crippen molar-refractivity contribution in [2.45, 2.75) is 13.2 Å². The average molecular weight is 349 g/mol. The van der Waals surface area contributed by atoms with Crippen LogP contribution in [-0.2, 0) is 18.0 Å². The number of aliphatic hydroxyl groups is 1. The Morgan fingerprint density at radius 3 is 2.76 bits per heavy atom. The van der Waals surface area contributed by atoms with Crippen LogP contribution in [0.1, 0.15) is 16.7 Å². The summed E-state index contributed by atoms with van der Waals surface area (Å²) in [6.45, 7) is 0.542. The smallest absolute Gasteiger partial charge is 0.124 e. The molecule has 2 nitrogen and oxygen atoms in total. The van der Waals surface area contributed by atoms with Crippen molar-refractivity contribution in [1.82, 2.24) is 0 Å². The van der Waals surface area contributed by atoms with Gasteiger partial charge in [-0.25, -0.2) is 4.39 Å². The molecule has 2 aromatic carbocycles. The van der Waals surface area contributed by atoms with E-state index in [1.807, 2.05) is 24.3 Å². The molecule has 0 spiro atoms. The molecule has 0 radical (unpaired) electrons. The second-order valence-electron chi connectivity index (χ2n) is 4.38. The van der Waals surface area contributed by atoms with Gasteiger partial charge in [-0.2, -0.15) is 0 Å². The Kier molecular flexibility index (Phi) is 5.94. The molecule has 0 atom stereocenters. The van der Waals surface area contributed by atoms with Crippen LogP contribution in [0.5, 0.6) is 0 Å². The SMILES string of the molecule is OCC#Cc1cc(F)ccc1COCc1cccc(Br)c1. The summed E-state index contributed by atoms with van der Waals surface area (Å²) in [6.07, 6.45) is 0. The van der Waals surface area contributed by atoms with Crippen LogP contribution in [0.25, 0.3) is 0 Å². The van der Waals surface area contributed by atoms with Crippen molar-refractivity contribution >= 4 is 15.9 Å². The lowest BCUT2D eigenvalue weighted by Crippen LogP contribution is -1.97. The summed E-state index contributed by atoms with van der Waals surface area (Å²) in [5.74, 6) is 4.91. The third-order valence-electron chi connectivity index (χ3n) is 2.79. The van der Waals surface area contributed by atoms with E-state index in [-0.39, 0.29) is 12.4 Å². The van der Waals surface area contributed by atoms with Crippen LogP contribution < -0.4 is 0 Å². The van der Waals surface area contributed by atoms with Crippen molar-refractivity contribution in [3.63, 3.8) is 0 Å². The van der Waals surface area contributed by atoms with Crippen molar-refractivity contribution in [1.29, 1.82) is 0 Å². The number of aliphatic hydroxyl groups excluding tert-OH is 1. The average Bonchev–Trinajstić information content (AvgIpc) is 2.47. The van der Waals surface area contributed by atoms with E-state index >= 15 is 0 Å². The molecule has 0 bridgehead atoms. The van der Waals surface area contributed by atoms with Gasteiger partial charge in [0.2, 0.25) is 0 Å². The fourth-order valence-corrected chi connectivity index (χ4v) is 2.28. The van der Waals surface area contributed by atoms with Gasteiger partial charge < -0.3 is 9.84 Å². The Balaban J connectivity index is 2.02. The van der Waals surface area contributed by atoms with Gasteiger partial charge in [0, 0.05) is 10.0 Å². The summed E-state index contributed by atoms with van der Waals surface area (Å²) >= 11 is 3.41. The zero-order valence-electron chi connectivity index (χ0n) is 11.3. The largest absolute Gasteiger partial charge is 0.384 e. The highest BCUT2D eigenvalue weighted by molar-refractivity contribution is 9.10. The Hall–Kier alpha value is -1.67. The van der Waals surface area contributed by atoms with E-state index in [9.17, 15) is 4.39 Å². The standard InChI is InChI=1S/C17H14BrFO2/c18-16-5-1-3-13(9-16)11-21-12-15-6-7-17(19)10-14(15)4-2-8-20/h1,3,5-7,9-10,20H,8,11-12H2. The molecular formula is C17H14BrFO2. The Morgan fingerprint density at radius 1 is 1.14 bits per heavy atom. The molecule has 21 heavy (non-hydrogen) atoms. The van der Waals surface area contributed by atoms with Crippen molar-refractivity contribution in [3.05, 3.63) is 69.4 Å². The van der Waals surface area contributed by atoms with Crippen LogP contribution in [0.3, 0.4) is 0 Å². The van der Waals surface area contributed by atoms with E-state index < -0.39 is 0 Å². The number of halogens is 2. The van der Waals surface area contributed by atoms with E-state index in [0.717, 1.165) is 15.6 Å². The molecule has 0 aliphatic heterocycles. The first-order valence-electron chi connectivity index (χ1n) is 6.39. The third-order valence-corrected chi connectivity index (χ3v) is 3.28. The second kappa shape index (κ2) is 7.94. The highest BCUT2D eigenvalue weighted by Gasteiger charge is 2.03. The molecule has 0 saturated heterocycles. The molecule has 0 aliphatic carbocycles. The maximum Gasteiger partial charge on any atom is 0.124 e. The van der Waals surface area contributed by atoms with Crippen molar-refractivity contribution in [3.8, 4) is 11.8 Å². The lowest BCUT2D eigenvalue weighted by molar-refractivity contribution is 0.107. The highest BCUT2D eigenvalue weighted by atomic mass is 79.9. The monoisotopic (exact) mass is 348 g/mol. The summed E-state index contributed by atoms with van der Waals surface area (Å²) in [5, 5.41) is 8.74. The minimum absolute atomic E-state index is 0.255. The number of ether oxygens (including phenoxy) is 1. The summed E-state index contributed by atoms with van der Waals surface area (Å²) in [5.41, 5.74) is 2.39. The molecule has 2 rings (SSSR count). The first-order valence-corrected chi connectivity index (χ1v) is 7.18. The van der Waals surface area contributed by atoms with Crippen LogP contribution in [0.4, 0.5) is 4.39 Å². The predicted molar refractivity (Wildman–Crippen MR) is 83.0 cm³/mol. The zero-order chi connectivity index (χ0) is 15.1. The van der Waals surface area contributed by atoms with Gasteiger partial charge in [-0.3, -0.25) is 0 Å². The molecular weight excluding hydrogens is 335 g/mol. The summed E-state index contributed by atoms with van der Waals surface area (Å²) < 4.78 is 19.9. The zero-order valence-corrected chi connectivity index (χ0v) is 12.9. The van der Waals surface area contributed by atoms with E-state index in [2.05, 4.69) is 27.8 Å². The second-order valence-corrected chi connectivity index (χ2v) is 5.30. The maximum absolute atomic E-state index is 13.2. The topological polar surface area (TPSA) is 29.5 Å². The van der Waals surface area contributed by atoms with Crippen molar-refractivity contribution in [2.75, 3.05) is 6.61 Å². The maximum atomic E-state index is 13.2. The molecule has 0 unspecified atom stereocenters. The number of hydrogen-bond acceptors (Lipinski definition) is 2. The van der Waals surface area contributed by atoms with Crippen LogP contribution in [0.15, 0.2) is 46.9 Å². The van der Waals surface area contributed by atoms with Crippen molar-refractivity contribution in [2.24, 2.45) is 0 Å². The predicted octanol–water partition coefficient (Wildman–Crippen LogP) is 3.65. The van der Waals surface area contributed by atoms with Crippen LogP contribution >= 0.6 is 15.9 Å². The van der Waals surface area contributed by atoms with Gasteiger partial charge in [0.15, 0.2) is 0 Å². The van der Waals surface area contributed by atoms with Gasteiger partial charge in [-0.15, -0.1) is 0 Å². The Labute approximate surface area is 131 Å². The lowest BCUT2D eigenvalue weighted by Gasteiger charge is -2.07. The molecule has 0 amide bonds. The van der Waals surface area contributed by atoms with Gasteiger partial charge in [0.25, 0.3) is 0 Å². The van der Waals surface area contributed by atoms with Crippen LogP contribution in [0.2, 0.25) is 0 Å². The minimum atomic E-state index is -0.354. The molecule has 4 heteroatoms. The fraction of sp³-hybridized carbons (Fsp3) is 0.176. The summed E-state index contributed by atoms with van der Waals surface area (Å²) in [4.78, 5) is 0. The minimum Gasteiger partial charge on any atom is -0.384 e. The molecule has 1 N–H and O–H groups in total. The van der Waals surface area contributed by atoms with Crippen LogP contribution in [-0.4, -0.2) is 11.7 Å². The highest BCUT2D eigenvalue weighted by Crippen LogP contribution is 2.15. The molecule has 2 aromatic rings. The molecule has 0 aromatic heterocycles. The van der Waals surface area contributed by atoms with Crippen molar-refractivity contribution < 1.29 is 14.2 Å². The van der Waals surface area contributed by atoms with Gasteiger partial charge in [0.05, 0.1) is 13.2 Å². The first kappa shape index (κ1) is 15.7. The van der Waals surface area contributed by atoms with E-state index in [1.54, 1.807) is 6.07 Å². The van der Waals surface area contributed by atoms with Gasteiger partial charge in [-0.05, 0) is 35.4 Å².